The third-order valence-corrected chi connectivity index (χ3v) is 7.45. The molecule has 1 amide bonds. The van der Waals surface area contributed by atoms with Crippen LogP contribution in [0.3, 0.4) is 0 Å². The van der Waals surface area contributed by atoms with Gasteiger partial charge in [0, 0.05) is 37.7 Å². The molecule has 0 N–H and O–H groups in total. The molecule has 0 bridgehead atoms. The van der Waals surface area contributed by atoms with Gasteiger partial charge in [-0.25, -0.2) is 12.8 Å². The molecule has 2 aromatic carbocycles. The first kappa shape index (κ1) is 20.7. The number of carbonyl (C=O) groups excluding carboxylic acids is 1. The maximum absolute atomic E-state index is 13.4. The highest BCUT2D eigenvalue weighted by Crippen LogP contribution is 2.36. The molecular weight excluding hydrogens is 433 g/mol. The van der Waals surface area contributed by atoms with Gasteiger partial charge in [0.2, 0.25) is 32.5 Å². The van der Waals surface area contributed by atoms with Crippen LogP contribution in [0.2, 0.25) is 0 Å². The van der Waals surface area contributed by atoms with Crippen molar-refractivity contribution in [3.63, 3.8) is 0 Å². The fourth-order valence-electron chi connectivity index (χ4n) is 3.82. The highest BCUT2D eigenvalue weighted by atomic mass is 32.2. The zero-order valence-electron chi connectivity index (χ0n) is 17.3. The van der Waals surface area contributed by atoms with E-state index < -0.39 is 15.7 Å². The zero-order valence-corrected chi connectivity index (χ0v) is 18.1. The number of sulfone groups is 1. The van der Waals surface area contributed by atoms with Gasteiger partial charge in [-0.1, -0.05) is 18.2 Å². The number of hydrogen-bond acceptors (Lipinski definition) is 6. The molecule has 0 atom stereocenters. The Hall–Kier alpha value is -3.20. The molecule has 7 nitrogen and oxygen atoms in total. The summed E-state index contributed by atoms with van der Waals surface area (Å²) in [6.45, 7) is 1.86. The molecule has 1 aliphatic carbocycles. The number of anilines is 1. The van der Waals surface area contributed by atoms with Crippen molar-refractivity contribution in [3.05, 3.63) is 60.4 Å². The molecule has 2 aliphatic rings. The lowest BCUT2D eigenvalue weighted by Crippen LogP contribution is -2.49. The summed E-state index contributed by atoms with van der Waals surface area (Å²) >= 11 is 0. The van der Waals surface area contributed by atoms with Crippen molar-refractivity contribution < 1.29 is 22.0 Å². The summed E-state index contributed by atoms with van der Waals surface area (Å²) in [6, 6.07) is 13.7. The number of carbonyl (C=O) groups is 1. The van der Waals surface area contributed by atoms with Crippen LogP contribution in [0.5, 0.6) is 0 Å². The maximum Gasteiger partial charge on any atom is 0.236 e. The molecule has 166 valence electrons. The van der Waals surface area contributed by atoms with Crippen molar-refractivity contribution in [1.82, 2.24) is 9.88 Å². The van der Waals surface area contributed by atoms with Crippen LogP contribution < -0.4 is 4.90 Å². The van der Waals surface area contributed by atoms with E-state index in [4.69, 9.17) is 4.42 Å². The number of oxazole rings is 1. The summed E-state index contributed by atoms with van der Waals surface area (Å²) in [5.74, 6) is 0.132. The van der Waals surface area contributed by atoms with Gasteiger partial charge in [-0.2, -0.15) is 4.98 Å². The third kappa shape index (κ3) is 3.88. The summed E-state index contributed by atoms with van der Waals surface area (Å²) in [5, 5.41) is -0.204. The van der Waals surface area contributed by atoms with Crippen LogP contribution in [0.1, 0.15) is 12.8 Å². The van der Waals surface area contributed by atoms with E-state index in [0.29, 0.717) is 31.7 Å². The Kier molecular flexibility index (Phi) is 5.21. The number of amides is 1. The predicted octanol–water partition coefficient (Wildman–Crippen LogP) is 3.37. The fraction of sp³-hybridized carbons (Fsp3) is 0.304. The molecule has 32 heavy (non-hydrogen) atoms. The molecule has 0 radical (unpaired) electrons. The molecule has 1 aromatic heterocycles. The lowest BCUT2D eigenvalue weighted by molar-refractivity contribution is -0.132. The Balaban J connectivity index is 1.50. The Bertz CT molecular complexity index is 1230. The third-order valence-electron chi connectivity index (χ3n) is 5.78. The van der Waals surface area contributed by atoms with Crippen molar-refractivity contribution in [2.45, 2.75) is 22.8 Å². The lowest BCUT2D eigenvalue weighted by atomic mass is 10.2. The lowest BCUT2D eigenvalue weighted by Gasteiger charge is -2.34. The maximum atomic E-state index is 13.4. The van der Waals surface area contributed by atoms with Crippen molar-refractivity contribution in [2.75, 3.05) is 31.1 Å². The zero-order chi connectivity index (χ0) is 22.3. The van der Waals surface area contributed by atoms with Gasteiger partial charge in [-0.3, -0.25) is 4.79 Å². The van der Waals surface area contributed by atoms with E-state index in [1.165, 1.54) is 12.1 Å². The molecular formula is C23H22FN3O4S. The first-order valence-electron chi connectivity index (χ1n) is 10.5. The topological polar surface area (TPSA) is 83.7 Å². The number of piperazine rings is 1. The largest absolute Gasteiger partial charge is 0.419 e. The van der Waals surface area contributed by atoms with Crippen LogP contribution in [0.4, 0.5) is 10.3 Å². The van der Waals surface area contributed by atoms with Crippen LogP contribution in [0, 0.1) is 11.7 Å². The number of rotatable bonds is 5. The molecule has 3 aromatic rings. The average Bonchev–Trinajstić information content (AvgIpc) is 3.57. The van der Waals surface area contributed by atoms with Crippen LogP contribution >= 0.6 is 0 Å². The predicted molar refractivity (Wildman–Crippen MR) is 115 cm³/mol. The molecule has 1 saturated heterocycles. The summed E-state index contributed by atoms with van der Waals surface area (Å²) in [4.78, 5) is 20.3. The number of aromatic nitrogens is 1. The number of halogens is 1. The van der Waals surface area contributed by atoms with E-state index in [2.05, 4.69) is 4.98 Å². The second-order valence-electron chi connectivity index (χ2n) is 8.04. The van der Waals surface area contributed by atoms with Gasteiger partial charge in [-0.05, 0) is 49.2 Å². The molecule has 0 spiro atoms. The van der Waals surface area contributed by atoms with Gasteiger partial charge in [0.25, 0.3) is 0 Å². The molecule has 9 heteroatoms. The Labute approximate surface area is 185 Å². The molecule has 2 heterocycles. The normalized spacial score (nSPS) is 16.9. The van der Waals surface area contributed by atoms with Crippen molar-refractivity contribution in [2.24, 2.45) is 5.92 Å². The van der Waals surface area contributed by atoms with Crippen molar-refractivity contribution in [3.8, 4) is 11.5 Å². The standard InChI is InChI=1S/C23H22FN3O4S/c24-18-8-10-19(11-9-18)32(29,30)21-23(31-20(25-21)16-4-2-1-3-5-16)27-14-12-26(13-15-27)22(28)17-6-7-17/h1-5,8-11,17H,6-7,12-15H2. The van der Waals surface area contributed by atoms with E-state index in [-0.39, 0.29) is 33.5 Å². The molecule has 1 aliphatic heterocycles. The quantitative estimate of drug-likeness (QED) is 0.549. The Morgan fingerprint density at radius 2 is 1.62 bits per heavy atom. The minimum Gasteiger partial charge on any atom is -0.419 e. The highest BCUT2D eigenvalue weighted by Gasteiger charge is 2.37. The van der Waals surface area contributed by atoms with E-state index in [1.54, 1.807) is 12.1 Å². The minimum absolute atomic E-state index is 0.0596. The second kappa shape index (κ2) is 8.05. The Morgan fingerprint density at radius 3 is 2.25 bits per heavy atom. The molecule has 2 fully saturated rings. The Morgan fingerprint density at radius 1 is 0.969 bits per heavy atom. The van der Waals surface area contributed by atoms with Gasteiger partial charge < -0.3 is 14.2 Å². The number of hydrogen-bond donors (Lipinski definition) is 0. The van der Waals surface area contributed by atoms with E-state index in [9.17, 15) is 17.6 Å². The van der Waals surface area contributed by atoms with Gasteiger partial charge in [0.05, 0.1) is 4.90 Å². The average molecular weight is 456 g/mol. The van der Waals surface area contributed by atoms with Gasteiger partial charge in [-0.15, -0.1) is 0 Å². The molecule has 0 unspecified atom stereocenters. The first-order chi connectivity index (χ1) is 15.4. The first-order valence-corrected chi connectivity index (χ1v) is 12.0. The van der Waals surface area contributed by atoms with Crippen LogP contribution in [0.15, 0.2) is 68.9 Å². The van der Waals surface area contributed by atoms with E-state index in [0.717, 1.165) is 25.0 Å². The second-order valence-corrected chi connectivity index (χ2v) is 9.90. The van der Waals surface area contributed by atoms with Gasteiger partial charge in [0.1, 0.15) is 5.82 Å². The summed E-state index contributed by atoms with van der Waals surface area (Å²) < 4.78 is 46.1. The van der Waals surface area contributed by atoms with Crippen LogP contribution in [0.25, 0.3) is 11.5 Å². The molecule has 1 saturated carbocycles. The monoisotopic (exact) mass is 455 g/mol. The van der Waals surface area contributed by atoms with Crippen LogP contribution in [-0.2, 0) is 14.6 Å². The smallest absolute Gasteiger partial charge is 0.236 e. The van der Waals surface area contributed by atoms with Crippen molar-refractivity contribution >= 4 is 21.6 Å². The fourth-order valence-corrected chi connectivity index (χ4v) is 5.14. The summed E-state index contributed by atoms with van der Waals surface area (Å²) in [7, 11) is -4.05. The molecule has 5 rings (SSSR count). The minimum atomic E-state index is -4.05. The number of benzene rings is 2. The summed E-state index contributed by atoms with van der Waals surface area (Å²) in [5.41, 5.74) is 0.650. The SMILES string of the molecule is O=C(C1CC1)N1CCN(c2oc(-c3ccccc3)nc2S(=O)(=O)c2ccc(F)cc2)CC1. The highest BCUT2D eigenvalue weighted by molar-refractivity contribution is 7.91. The van der Waals surface area contributed by atoms with Crippen molar-refractivity contribution in [1.29, 1.82) is 0 Å². The number of nitrogens with zero attached hydrogens (tertiary/aromatic N) is 3. The van der Waals surface area contributed by atoms with Gasteiger partial charge >= 0.3 is 0 Å². The van der Waals surface area contributed by atoms with E-state index in [1.807, 2.05) is 28.0 Å². The van der Waals surface area contributed by atoms with E-state index >= 15 is 0 Å². The summed E-state index contributed by atoms with van der Waals surface area (Å²) in [6.07, 6.45) is 1.89. The van der Waals surface area contributed by atoms with Gasteiger partial charge in [0.15, 0.2) is 0 Å². The van der Waals surface area contributed by atoms with Crippen LogP contribution in [-0.4, -0.2) is 50.4 Å².